The summed E-state index contributed by atoms with van der Waals surface area (Å²) in [4.78, 5) is 11.5. The number of rotatable bonds is 2. The largest absolute Gasteiger partial charge is 0.351 e. The lowest BCUT2D eigenvalue weighted by atomic mass is 10.3. The van der Waals surface area contributed by atoms with Crippen molar-refractivity contribution in [2.75, 3.05) is 5.32 Å². The van der Waals surface area contributed by atoms with Crippen LogP contribution in [0.2, 0.25) is 5.02 Å². The molecule has 4 nitrogen and oxygen atoms in total. The Morgan fingerprint density at radius 2 is 2.25 bits per heavy atom. The van der Waals surface area contributed by atoms with Crippen LogP contribution in [-0.4, -0.2) is 11.1 Å². The van der Waals surface area contributed by atoms with E-state index in [0.717, 1.165) is 6.07 Å². The molecule has 0 atom stereocenters. The van der Waals surface area contributed by atoms with Gasteiger partial charge in [-0.25, -0.2) is 4.39 Å². The molecule has 1 heterocycles. The number of aromatic nitrogens is 1. The van der Waals surface area contributed by atoms with Crippen LogP contribution in [0.1, 0.15) is 10.6 Å². The van der Waals surface area contributed by atoms with Crippen molar-refractivity contribution >= 4 is 23.2 Å². The molecule has 0 unspecified atom stereocenters. The maximum atomic E-state index is 13.3. The topological polar surface area (TPSA) is 55.1 Å². The number of halogens is 2. The number of hydrogen-bond acceptors (Lipinski definition) is 3. The Labute approximate surface area is 95.0 Å². The van der Waals surface area contributed by atoms with E-state index in [1.807, 2.05) is 0 Å². The van der Waals surface area contributed by atoms with Crippen molar-refractivity contribution in [3.05, 3.63) is 47.1 Å². The second-order valence-corrected chi connectivity index (χ2v) is 3.39. The maximum absolute atomic E-state index is 13.3. The molecular weight excluding hydrogens is 235 g/mol. The van der Waals surface area contributed by atoms with Gasteiger partial charge < -0.3 is 9.84 Å². The first-order chi connectivity index (χ1) is 7.66. The van der Waals surface area contributed by atoms with Crippen LogP contribution in [0, 0.1) is 5.82 Å². The molecule has 1 amide bonds. The number of carbonyl (C=O) groups is 1. The number of nitrogens with one attached hydrogen (secondary N) is 1. The Bertz CT molecular complexity index is 514. The van der Waals surface area contributed by atoms with Crippen LogP contribution in [0.3, 0.4) is 0 Å². The van der Waals surface area contributed by atoms with Crippen LogP contribution in [-0.2, 0) is 0 Å². The first-order valence-electron chi connectivity index (χ1n) is 4.34. The monoisotopic (exact) mass is 240 g/mol. The van der Waals surface area contributed by atoms with Gasteiger partial charge in [0.1, 0.15) is 5.82 Å². The zero-order chi connectivity index (χ0) is 11.5. The number of carbonyl (C=O) groups excluding carboxylic acids is 1. The van der Waals surface area contributed by atoms with Gasteiger partial charge in [-0.05, 0) is 18.2 Å². The molecule has 16 heavy (non-hydrogen) atoms. The summed E-state index contributed by atoms with van der Waals surface area (Å²) in [5.74, 6) is -1.17. The van der Waals surface area contributed by atoms with E-state index in [1.165, 1.54) is 24.4 Å². The highest BCUT2D eigenvalue weighted by molar-refractivity contribution is 6.30. The van der Waals surface area contributed by atoms with E-state index in [4.69, 9.17) is 11.6 Å². The second kappa shape index (κ2) is 4.32. The highest BCUT2D eigenvalue weighted by Gasteiger charge is 2.12. The minimum atomic E-state index is -0.611. The molecule has 0 aliphatic heterocycles. The standard InChI is InChI=1S/C10H6ClFN2O2/c11-6-1-2-8(7(12)5-6)14-10(15)9-3-4-13-16-9/h1-5H,(H,14,15). The number of benzene rings is 1. The minimum Gasteiger partial charge on any atom is -0.351 e. The Morgan fingerprint density at radius 1 is 1.44 bits per heavy atom. The zero-order valence-corrected chi connectivity index (χ0v) is 8.66. The number of nitrogens with zero attached hydrogens (tertiary/aromatic N) is 1. The summed E-state index contributed by atoms with van der Waals surface area (Å²) >= 11 is 5.57. The summed E-state index contributed by atoms with van der Waals surface area (Å²) in [6, 6.07) is 5.33. The lowest BCUT2D eigenvalue weighted by Crippen LogP contribution is -2.11. The van der Waals surface area contributed by atoms with E-state index in [0.29, 0.717) is 0 Å². The van der Waals surface area contributed by atoms with Crippen molar-refractivity contribution in [2.24, 2.45) is 0 Å². The zero-order valence-electron chi connectivity index (χ0n) is 7.91. The molecule has 0 radical (unpaired) electrons. The molecule has 1 aromatic heterocycles. The van der Waals surface area contributed by atoms with Crippen LogP contribution < -0.4 is 5.32 Å². The Hall–Kier alpha value is -1.88. The fraction of sp³-hybridized carbons (Fsp3) is 0. The Balaban J connectivity index is 2.18. The lowest BCUT2D eigenvalue weighted by Gasteiger charge is -2.03. The quantitative estimate of drug-likeness (QED) is 0.878. The average molecular weight is 241 g/mol. The molecule has 0 bridgehead atoms. The van der Waals surface area contributed by atoms with E-state index in [2.05, 4.69) is 15.0 Å². The summed E-state index contributed by atoms with van der Waals surface area (Å²) in [6.07, 6.45) is 1.33. The lowest BCUT2D eigenvalue weighted by molar-refractivity contribution is 0.0987. The van der Waals surface area contributed by atoms with Gasteiger partial charge in [0.05, 0.1) is 11.9 Å². The van der Waals surface area contributed by atoms with Crippen molar-refractivity contribution in [3.8, 4) is 0 Å². The summed E-state index contributed by atoms with van der Waals surface area (Å²) in [6.45, 7) is 0. The summed E-state index contributed by atoms with van der Waals surface area (Å²) in [5, 5.41) is 5.96. The minimum absolute atomic E-state index is 0.00866. The van der Waals surface area contributed by atoms with E-state index >= 15 is 0 Å². The van der Waals surface area contributed by atoms with Crippen LogP contribution >= 0.6 is 11.6 Å². The van der Waals surface area contributed by atoms with Crippen molar-refractivity contribution in [1.82, 2.24) is 5.16 Å². The van der Waals surface area contributed by atoms with Crippen molar-refractivity contribution in [1.29, 1.82) is 0 Å². The van der Waals surface area contributed by atoms with Crippen LogP contribution in [0.25, 0.3) is 0 Å². The van der Waals surface area contributed by atoms with Gasteiger partial charge in [-0.2, -0.15) is 0 Å². The van der Waals surface area contributed by atoms with Gasteiger partial charge in [0.15, 0.2) is 0 Å². The normalized spacial score (nSPS) is 10.1. The van der Waals surface area contributed by atoms with Crippen LogP contribution in [0.4, 0.5) is 10.1 Å². The van der Waals surface area contributed by atoms with Crippen molar-refractivity contribution < 1.29 is 13.7 Å². The molecule has 0 spiro atoms. The van der Waals surface area contributed by atoms with Gasteiger partial charge in [-0.15, -0.1) is 0 Å². The van der Waals surface area contributed by atoms with E-state index in [1.54, 1.807) is 0 Å². The molecule has 0 aliphatic carbocycles. The number of anilines is 1. The highest BCUT2D eigenvalue weighted by Crippen LogP contribution is 2.19. The van der Waals surface area contributed by atoms with Gasteiger partial charge >= 0.3 is 0 Å². The smallest absolute Gasteiger partial charge is 0.294 e. The van der Waals surface area contributed by atoms with Gasteiger partial charge in [-0.3, -0.25) is 4.79 Å². The average Bonchev–Trinajstić information content (AvgIpc) is 2.75. The molecular formula is C10H6ClFN2O2. The molecule has 1 aromatic carbocycles. The molecule has 0 saturated heterocycles. The molecule has 82 valence electrons. The molecule has 0 aliphatic rings. The third-order valence-electron chi connectivity index (χ3n) is 1.84. The molecule has 0 saturated carbocycles. The van der Waals surface area contributed by atoms with E-state index in [-0.39, 0.29) is 16.5 Å². The molecule has 0 fully saturated rings. The van der Waals surface area contributed by atoms with Gasteiger partial charge in [0.2, 0.25) is 5.76 Å². The van der Waals surface area contributed by atoms with Gasteiger partial charge in [0.25, 0.3) is 5.91 Å². The number of amides is 1. The van der Waals surface area contributed by atoms with E-state index < -0.39 is 11.7 Å². The predicted molar refractivity (Wildman–Crippen MR) is 55.9 cm³/mol. The first kappa shape index (κ1) is 10.6. The fourth-order valence-corrected chi connectivity index (χ4v) is 1.27. The first-order valence-corrected chi connectivity index (χ1v) is 4.71. The van der Waals surface area contributed by atoms with Crippen LogP contribution in [0.5, 0.6) is 0 Å². The molecule has 6 heteroatoms. The predicted octanol–water partition coefficient (Wildman–Crippen LogP) is 2.72. The SMILES string of the molecule is O=C(Nc1ccc(Cl)cc1F)c1ccno1. The van der Waals surface area contributed by atoms with Crippen molar-refractivity contribution in [2.45, 2.75) is 0 Å². The van der Waals surface area contributed by atoms with Crippen molar-refractivity contribution in [3.63, 3.8) is 0 Å². The molecule has 1 N–H and O–H groups in total. The summed E-state index contributed by atoms with van der Waals surface area (Å²) in [7, 11) is 0. The maximum Gasteiger partial charge on any atom is 0.294 e. The number of hydrogen-bond donors (Lipinski definition) is 1. The molecule has 2 aromatic rings. The Morgan fingerprint density at radius 3 is 2.88 bits per heavy atom. The highest BCUT2D eigenvalue weighted by atomic mass is 35.5. The van der Waals surface area contributed by atoms with E-state index in [9.17, 15) is 9.18 Å². The Kier molecular flexibility index (Phi) is 2.87. The fourth-order valence-electron chi connectivity index (χ4n) is 1.11. The molecule has 2 rings (SSSR count). The third kappa shape index (κ3) is 2.20. The second-order valence-electron chi connectivity index (χ2n) is 2.95. The van der Waals surface area contributed by atoms with Gasteiger partial charge in [0, 0.05) is 11.1 Å². The summed E-state index contributed by atoms with van der Waals surface area (Å²) in [5.41, 5.74) is 0.0331. The summed E-state index contributed by atoms with van der Waals surface area (Å²) < 4.78 is 17.9. The van der Waals surface area contributed by atoms with Gasteiger partial charge in [-0.1, -0.05) is 16.8 Å². The van der Waals surface area contributed by atoms with Crippen LogP contribution in [0.15, 0.2) is 35.0 Å². The third-order valence-corrected chi connectivity index (χ3v) is 2.08.